The van der Waals surface area contributed by atoms with Crippen LogP contribution in [0.4, 0.5) is 0 Å². The van der Waals surface area contributed by atoms with E-state index in [0.29, 0.717) is 19.7 Å². The van der Waals surface area contributed by atoms with Gasteiger partial charge in [0.05, 0.1) is 25.0 Å². The van der Waals surface area contributed by atoms with Crippen LogP contribution in [-0.2, 0) is 14.3 Å². The highest BCUT2D eigenvalue weighted by atomic mass is 32.2. The fourth-order valence-corrected chi connectivity index (χ4v) is 4.05. The molecule has 0 bridgehead atoms. The van der Waals surface area contributed by atoms with Crippen LogP contribution in [0.25, 0.3) is 0 Å². The molecule has 1 saturated heterocycles. The maximum atomic E-state index is 12.7. The molecule has 1 N–H and O–H groups in total. The van der Waals surface area contributed by atoms with Crippen LogP contribution in [0.3, 0.4) is 0 Å². The second kappa shape index (κ2) is 6.07. The number of carbonyl (C=O) groups excluding carboxylic acids is 1. The minimum Gasteiger partial charge on any atom is -0.481 e. The topological polar surface area (TPSA) is 66.8 Å². The molecule has 0 unspecified atom stereocenters. The number of aliphatic carboxylic acids is 1. The Kier molecular flexibility index (Phi) is 4.17. The standard InChI is InChI=1S/C15H17NO4S/c17-14(18)7-10-8-16(5-6-20-10)15(19)12-9-21-13-4-2-1-3-11(12)13/h1-4,10,12H,5-9H2,(H,17,18)/t10-,12-/m0/s1. The summed E-state index contributed by atoms with van der Waals surface area (Å²) in [5, 5.41) is 8.85. The third-order valence-electron chi connectivity index (χ3n) is 3.85. The maximum Gasteiger partial charge on any atom is 0.306 e. The first-order valence-corrected chi connectivity index (χ1v) is 7.97. The number of thioether (sulfide) groups is 1. The lowest BCUT2D eigenvalue weighted by Crippen LogP contribution is -2.48. The molecule has 0 spiro atoms. The predicted molar refractivity (Wildman–Crippen MR) is 78.5 cm³/mol. The number of hydrogen-bond acceptors (Lipinski definition) is 4. The van der Waals surface area contributed by atoms with Crippen LogP contribution in [0.15, 0.2) is 29.2 Å². The first kappa shape index (κ1) is 14.4. The van der Waals surface area contributed by atoms with E-state index in [-0.39, 0.29) is 18.2 Å². The van der Waals surface area contributed by atoms with Gasteiger partial charge in [-0.15, -0.1) is 11.8 Å². The van der Waals surface area contributed by atoms with Gasteiger partial charge in [-0.2, -0.15) is 0 Å². The molecular weight excluding hydrogens is 290 g/mol. The number of carbonyl (C=O) groups is 2. The molecule has 3 rings (SSSR count). The number of carboxylic acids is 1. The lowest BCUT2D eigenvalue weighted by Gasteiger charge is -2.34. The molecular formula is C15H17NO4S. The summed E-state index contributed by atoms with van der Waals surface area (Å²) in [5.41, 5.74) is 1.09. The minimum absolute atomic E-state index is 0.0558. The van der Waals surface area contributed by atoms with Crippen LogP contribution in [0.2, 0.25) is 0 Å². The zero-order valence-electron chi connectivity index (χ0n) is 11.5. The van der Waals surface area contributed by atoms with Crippen LogP contribution < -0.4 is 0 Å². The Morgan fingerprint density at radius 3 is 3.00 bits per heavy atom. The summed E-state index contributed by atoms with van der Waals surface area (Å²) >= 11 is 1.71. The molecule has 2 atom stereocenters. The minimum atomic E-state index is -0.893. The van der Waals surface area contributed by atoms with Crippen molar-refractivity contribution < 1.29 is 19.4 Å². The summed E-state index contributed by atoms with van der Waals surface area (Å²) in [5.74, 6) is -0.156. The van der Waals surface area contributed by atoms with Gasteiger partial charge in [0.15, 0.2) is 0 Å². The van der Waals surface area contributed by atoms with Crippen molar-refractivity contribution in [3.05, 3.63) is 29.8 Å². The van der Waals surface area contributed by atoms with Crippen molar-refractivity contribution in [2.75, 3.05) is 25.4 Å². The quantitative estimate of drug-likeness (QED) is 0.918. The van der Waals surface area contributed by atoms with Gasteiger partial charge in [0.1, 0.15) is 0 Å². The summed E-state index contributed by atoms with van der Waals surface area (Å²) in [6.07, 6.45) is -0.454. The smallest absolute Gasteiger partial charge is 0.306 e. The van der Waals surface area contributed by atoms with Crippen molar-refractivity contribution in [2.45, 2.75) is 23.3 Å². The average Bonchev–Trinajstić information content (AvgIpc) is 2.90. The van der Waals surface area contributed by atoms with E-state index in [9.17, 15) is 9.59 Å². The Labute approximate surface area is 127 Å². The molecule has 2 aliphatic rings. The van der Waals surface area contributed by atoms with Gasteiger partial charge in [-0.3, -0.25) is 9.59 Å². The van der Waals surface area contributed by atoms with E-state index in [4.69, 9.17) is 9.84 Å². The summed E-state index contributed by atoms with van der Waals surface area (Å²) in [6, 6.07) is 7.99. The van der Waals surface area contributed by atoms with Crippen molar-refractivity contribution in [2.24, 2.45) is 0 Å². The molecule has 0 saturated carbocycles. The highest BCUT2D eigenvalue weighted by Gasteiger charge is 2.34. The van der Waals surface area contributed by atoms with Crippen LogP contribution in [0.1, 0.15) is 17.9 Å². The highest BCUT2D eigenvalue weighted by Crippen LogP contribution is 2.40. The van der Waals surface area contributed by atoms with E-state index >= 15 is 0 Å². The van der Waals surface area contributed by atoms with Gasteiger partial charge in [-0.05, 0) is 11.6 Å². The number of benzene rings is 1. The predicted octanol–water partition coefficient (Wildman–Crippen LogP) is 1.58. The zero-order valence-corrected chi connectivity index (χ0v) is 12.3. The lowest BCUT2D eigenvalue weighted by atomic mass is 9.99. The van der Waals surface area contributed by atoms with Crippen molar-refractivity contribution in [1.29, 1.82) is 0 Å². The number of amides is 1. The number of morpholine rings is 1. The van der Waals surface area contributed by atoms with Crippen LogP contribution >= 0.6 is 11.8 Å². The number of carboxylic acid groups (broad SMARTS) is 1. The summed E-state index contributed by atoms with van der Waals surface area (Å²) < 4.78 is 5.42. The van der Waals surface area contributed by atoms with Crippen LogP contribution in [-0.4, -0.2) is 53.4 Å². The summed E-state index contributed by atoms with van der Waals surface area (Å²) in [7, 11) is 0. The molecule has 1 aromatic rings. The molecule has 112 valence electrons. The molecule has 1 amide bonds. The van der Waals surface area contributed by atoms with Gasteiger partial charge in [0, 0.05) is 23.7 Å². The van der Waals surface area contributed by atoms with E-state index in [1.54, 1.807) is 16.7 Å². The third kappa shape index (κ3) is 3.06. The Morgan fingerprint density at radius 1 is 1.38 bits per heavy atom. The molecule has 21 heavy (non-hydrogen) atoms. The Morgan fingerprint density at radius 2 is 2.19 bits per heavy atom. The van der Waals surface area contributed by atoms with Crippen molar-refractivity contribution in [3.8, 4) is 0 Å². The molecule has 0 aliphatic carbocycles. The monoisotopic (exact) mass is 307 g/mol. The first-order valence-electron chi connectivity index (χ1n) is 6.99. The fraction of sp³-hybridized carbons (Fsp3) is 0.467. The van der Waals surface area contributed by atoms with E-state index < -0.39 is 12.1 Å². The zero-order chi connectivity index (χ0) is 14.8. The van der Waals surface area contributed by atoms with Crippen LogP contribution in [0, 0.1) is 0 Å². The number of rotatable bonds is 3. The molecule has 1 aromatic carbocycles. The number of fused-ring (bicyclic) bond motifs is 1. The van der Waals surface area contributed by atoms with E-state index in [2.05, 4.69) is 0 Å². The SMILES string of the molecule is O=C(O)C[C@H]1CN(C(=O)[C@H]2CSc3ccccc32)CCO1. The summed E-state index contributed by atoms with van der Waals surface area (Å²) in [6.45, 7) is 1.32. The van der Waals surface area contributed by atoms with Gasteiger partial charge < -0.3 is 14.7 Å². The molecule has 6 heteroatoms. The van der Waals surface area contributed by atoms with E-state index in [0.717, 1.165) is 11.3 Å². The van der Waals surface area contributed by atoms with Crippen molar-refractivity contribution >= 4 is 23.6 Å². The summed E-state index contributed by atoms with van der Waals surface area (Å²) in [4.78, 5) is 26.4. The number of hydrogen-bond donors (Lipinski definition) is 1. The fourth-order valence-electron chi connectivity index (χ4n) is 2.83. The van der Waals surface area contributed by atoms with Crippen molar-refractivity contribution in [3.63, 3.8) is 0 Å². The molecule has 2 heterocycles. The van der Waals surface area contributed by atoms with Gasteiger partial charge in [-0.1, -0.05) is 18.2 Å². The molecule has 5 nitrogen and oxygen atoms in total. The molecule has 2 aliphatic heterocycles. The average molecular weight is 307 g/mol. The molecule has 0 radical (unpaired) electrons. The Bertz CT molecular complexity index is 562. The second-order valence-electron chi connectivity index (χ2n) is 5.28. The van der Waals surface area contributed by atoms with Crippen LogP contribution in [0.5, 0.6) is 0 Å². The number of nitrogens with zero attached hydrogens (tertiary/aromatic N) is 1. The van der Waals surface area contributed by atoms with E-state index in [1.807, 2.05) is 24.3 Å². The largest absolute Gasteiger partial charge is 0.481 e. The Balaban J connectivity index is 1.70. The molecule has 1 fully saturated rings. The maximum absolute atomic E-state index is 12.7. The van der Waals surface area contributed by atoms with Gasteiger partial charge in [-0.25, -0.2) is 0 Å². The van der Waals surface area contributed by atoms with E-state index in [1.165, 1.54) is 4.90 Å². The van der Waals surface area contributed by atoms with Gasteiger partial charge in [0.2, 0.25) is 5.91 Å². The normalized spacial score (nSPS) is 24.7. The highest BCUT2D eigenvalue weighted by molar-refractivity contribution is 7.99. The first-order chi connectivity index (χ1) is 10.1. The van der Waals surface area contributed by atoms with Gasteiger partial charge in [0.25, 0.3) is 0 Å². The van der Waals surface area contributed by atoms with Gasteiger partial charge >= 0.3 is 5.97 Å². The Hall–Kier alpha value is -1.53. The van der Waals surface area contributed by atoms with Crippen molar-refractivity contribution in [1.82, 2.24) is 4.90 Å². The third-order valence-corrected chi connectivity index (χ3v) is 5.03. The second-order valence-corrected chi connectivity index (χ2v) is 6.34. The lowest BCUT2D eigenvalue weighted by molar-refractivity contribution is -0.148. The number of ether oxygens (including phenoxy) is 1. The molecule has 0 aromatic heterocycles.